The van der Waals surface area contributed by atoms with Gasteiger partial charge in [-0.3, -0.25) is 9.59 Å². The number of ether oxygens (including phenoxy) is 2. The number of carbonyl (C=O) groups excluding carboxylic acids is 3. The highest BCUT2D eigenvalue weighted by Gasteiger charge is 2.36. The van der Waals surface area contributed by atoms with Crippen LogP contribution < -0.4 is 5.32 Å². The van der Waals surface area contributed by atoms with Gasteiger partial charge in [-0.05, 0) is 37.1 Å². The smallest absolute Gasteiger partial charge is 0.336 e. The zero-order valence-electron chi connectivity index (χ0n) is 19.3. The highest BCUT2D eigenvalue weighted by molar-refractivity contribution is 5.96. The first-order valence-corrected chi connectivity index (χ1v) is 11.1. The highest BCUT2D eigenvalue weighted by Crippen LogP contribution is 2.37. The van der Waals surface area contributed by atoms with E-state index < -0.39 is 5.97 Å². The average Bonchev–Trinajstić information content (AvgIpc) is 2.82. The fourth-order valence-corrected chi connectivity index (χ4v) is 4.01. The van der Waals surface area contributed by atoms with Crippen molar-refractivity contribution < 1.29 is 23.9 Å². The molecule has 2 aromatic rings. The van der Waals surface area contributed by atoms with E-state index >= 15 is 0 Å². The van der Waals surface area contributed by atoms with E-state index in [1.807, 2.05) is 36.4 Å². The van der Waals surface area contributed by atoms with Crippen LogP contribution in [0.1, 0.15) is 47.7 Å². The fourth-order valence-electron chi connectivity index (χ4n) is 4.01. The van der Waals surface area contributed by atoms with Crippen molar-refractivity contribution in [3.8, 4) is 0 Å². The summed E-state index contributed by atoms with van der Waals surface area (Å²) in [4.78, 5) is 40.0. The molecule has 1 N–H and O–H groups in total. The summed E-state index contributed by atoms with van der Waals surface area (Å²) < 4.78 is 10.3. The molecule has 0 radical (unpaired) electrons. The SMILES string of the molecule is CCOC(=O)C1=C(C)N(Cc2cccc(C(=O)NCCOC)c2)C(=O)CC1c1ccccc1. The van der Waals surface area contributed by atoms with Gasteiger partial charge in [0, 0.05) is 37.3 Å². The molecule has 1 aliphatic heterocycles. The maximum atomic E-state index is 13.2. The Hall–Kier alpha value is -3.45. The lowest BCUT2D eigenvalue weighted by Gasteiger charge is -2.34. The number of carbonyl (C=O) groups is 3. The van der Waals surface area contributed by atoms with Crippen LogP contribution in [0.2, 0.25) is 0 Å². The van der Waals surface area contributed by atoms with Crippen molar-refractivity contribution in [2.24, 2.45) is 0 Å². The lowest BCUT2D eigenvalue weighted by Crippen LogP contribution is -2.38. The molecule has 33 heavy (non-hydrogen) atoms. The molecule has 1 atom stereocenters. The van der Waals surface area contributed by atoms with Gasteiger partial charge in [0.25, 0.3) is 5.91 Å². The molecule has 2 aromatic carbocycles. The van der Waals surface area contributed by atoms with Crippen molar-refractivity contribution in [2.75, 3.05) is 26.9 Å². The van der Waals surface area contributed by atoms with Crippen LogP contribution in [0.15, 0.2) is 65.9 Å². The molecule has 2 amide bonds. The van der Waals surface area contributed by atoms with Gasteiger partial charge in [0.1, 0.15) is 0 Å². The molecule has 0 spiro atoms. The molecule has 0 saturated carbocycles. The normalized spacial score (nSPS) is 16.0. The van der Waals surface area contributed by atoms with Crippen molar-refractivity contribution in [1.82, 2.24) is 10.2 Å². The van der Waals surface area contributed by atoms with Gasteiger partial charge in [0.05, 0.1) is 25.3 Å². The molecule has 0 aromatic heterocycles. The summed E-state index contributed by atoms with van der Waals surface area (Å²) in [6.45, 7) is 4.90. The van der Waals surface area contributed by atoms with Crippen LogP contribution in [0.4, 0.5) is 0 Å². The van der Waals surface area contributed by atoms with Gasteiger partial charge in [-0.15, -0.1) is 0 Å². The minimum atomic E-state index is -0.410. The number of allylic oxidation sites excluding steroid dienone is 1. The summed E-state index contributed by atoms with van der Waals surface area (Å²) >= 11 is 0. The summed E-state index contributed by atoms with van der Waals surface area (Å²) in [5.74, 6) is -1.05. The summed E-state index contributed by atoms with van der Waals surface area (Å²) in [5.41, 5.74) is 3.28. The predicted octanol–water partition coefficient (Wildman–Crippen LogP) is 3.42. The van der Waals surface area contributed by atoms with Gasteiger partial charge in [-0.1, -0.05) is 42.5 Å². The van der Waals surface area contributed by atoms with Crippen LogP contribution >= 0.6 is 0 Å². The largest absolute Gasteiger partial charge is 0.463 e. The van der Waals surface area contributed by atoms with Crippen molar-refractivity contribution >= 4 is 17.8 Å². The van der Waals surface area contributed by atoms with E-state index in [1.54, 1.807) is 44.1 Å². The third kappa shape index (κ3) is 5.87. The molecule has 0 saturated heterocycles. The van der Waals surface area contributed by atoms with Gasteiger partial charge in [-0.25, -0.2) is 4.79 Å². The number of hydrogen-bond acceptors (Lipinski definition) is 5. The van der Waals surface area contributed by atoms with Gasteiger partial charge in [-0.2, -0.15) is 0 Å². The monoisotopic (exact) mass is 450 g/mol. The second-order valence-corrected chi connectivity index (χ2v) is 7.82. The maximum absolute atomic E-state index is 13.2. The first-order chi connectivity index (χ1) is 16.0. The van der Waals surface area contributed by atoms with E-state index in [4.69, 9.17) is 9.47 Å². The maximum Gasteiger partial charge on any atom is 0.336 e. The highest BCUT2D eigenvalue weighted by atomic mass is 16.5. The fraction of sp³-hybridized carbons (Fsp3) is 0.346. The summed E-state index contributed by atoms with van der Waals surface area (Å²) in [6, 6.07) is 16.7. The minimum Gasteiger partial charge on any atom is -0.463 e. The van der Waals surface area contributed by atoms with E-state index in [9.17, 15) is 14.4 Å². The van der Waals surface area contributed by atoms with Crippen LogP contribution in [0.25, 0.3) is 0 Å². The predicted molar refractivity (Wildman–Crippen MR) is 124 cm³/mol. The van der Waals surface area contributed by atoms with Crippen molar-refractivity contribution in [1.29, 1.82) is 0 Å². The standard InChI is InChI=1S/C26H30N2O5/c1-4-33-26(31)24-18(2)28(23(29)16-22(24)20-10-6-5-7-11-20)17-19-9-8-12-21(15-19)25(30)27-13-14-32-3/h5-12,15,22H,4,13-14,16-17H2,1-3H3,(H,27,30). The zero-order chi connectivity index (χ0) is 23.8. The number of esters is 1. The quantitative estimate of drug-likeness (QED) is 0.467. The number of nitrogens with one attached hydrogen (secondary N) is 1. The average molecular weight is 451 g/mol. The third-order valence-corrected chi connectivity index (χ3v) is 5.64. The van der Waals surface area contributed by atoms with Gasteiger partial charge >= 0.3 is 5.97 Å². The van der Waals surface area contributed by atoms with E-state index in [2.05, 4.69) is 5.32 Å². The van der Waals surface area contributed by atoms with Gasteiger partial charge in [0.15, 0.2) is 0 Å². The molecule has 3 rings (SSSR count). The van der Waals surface area contributed by atoms with Crippen molar-refractivity contribution in [3.63, 3.8) is 0 Å². The molecule has 0 aliphatic carbocycles. The van der Waals surface area contributed by atoms with Crippen molar-refractivity contribution in [2.45, 2.75) is 32.7 Å². The molecule has 1 heterocycles. The van der Waals surface area contributed by atoms with Crippen molar-refractivity contribution in [3.05, 3.63) is 82.6 Å². The van der Waals surface area contributed by atoms with Crippen LogP contribution in [0, 0.1) is 0 Å². The Morgan fingerprint density at radius 3 is 2.58 bits per heavy atom. The van der Waals surface area contributed by atoms with Gasteiger partial charge in [0.2, 0.25) is 5.91 Å². The minimum absolute atomic E-state index is 0.0793. The number of hydrogen-bond donors (Lipinski definition) is 1. The Balaban J connectivity index is 1.89. The third-order valence-electron chi connectivity index (χ3n) is 5.64. The second-order valence-electron chi connectivity index (χ2n) is 7.82. The van der Waals surface area contributed by atoms with E-state index in [0.29, 0.717) is 30.0 Å². The lowest BCUT2D eigenvalue weighted by molar-refractivity contribution is -0.140. The molecule has 0 bridgehead atoms. The molecule has 174 valence electrons. The summed E-state index contributed by atoms with van der Waals surface area (Å²) in [5, 5.41) is 2.79. The Morgan fingerprint density at radius 1 is 1.12 bits per heavy atom. The molecular formula is C26H30N2O5. The van der Waals surface area contributed by atoms with Crippen LogP contribution in [0.5, 0.6) is 0 Å². The van der Waals surface area contributed by atoms with Crippen LogP contribution in [0.3, 0.4) is 0 Å². The first kappa shape index (κ1) is 24.2. The lowest BCUT2D eigenvalue weighted by atomic mass is 9.83. The molecule has 0 fully saturated rings. The first-order valence-electron chi connectivity index (χ1n) is 11.1. The van der Waals surface area contributed by atoms with E-state index in [1.165, 1.54) is 0 Å². The van der Waals surface area contributed by atoms with Gasteiger partial charge < -0.3 is 19.7 Å². The number of methoxy groups -OCH3 is 1. The molecule has 7 heteroatoms. The number of nitrogens with zero attached hydrogens (tertiary/aromatic N) is 1. The second kappa shape index (κ2) is 11.4. The number of benzene rings is 2. The van der Waals surface area contributed by atoms with Crippen LogP contribution in [-0.4, -0.2) is 49.6 Å². The molecule has 1 aliphatic rings. The number of amides is 2. The molecule has 7 nitrogen and oxygen atoms in total. The van der Waals surface area contributed by atoms with E-state index in [0.717, 1.165) is 11.1 Å². The Bertz CT molecular complexity index is 1030. The molecule has 1 unspecified atom stereocenters. The Kier molecular flexibility index (Phi) is 8.38. The zero-order valence-corrected chi connectivity index (χ0v) is 19.3. The van der Waals surface area contributed by atoms with E-state index in [-0.39, 0.29) is 37.3 Å². The number of rotatable bonds is 9. The Morgan fingerprint density at radius 2 is 1.88 bits per heavy atom. The Labute approximate surface area is 194 Å². The summed E-state index contributed by atoms with van der Waals surface area (Å²) in [6.07, 6.45) is 0.173. The topological polar surface area (TPSA) is 84.9 Å². The summed E-state index contributed by atoms with van der Waals surface area (Å²) in [7, 11) is 1.57. The van der Waals surface area contributed by atoms with Crippen LogP contribution in [-0.2, 0) is 25.6 Å². The molecular weight excluding hydrogens is 420 g/mol.